The molecule has 11 heavy (non-hydrogen) atoms. The molecule has 0 fully saturated rings. The molecule has 0 unspecified atom stereocenters. The summed E-state index contributed by atoms with van der Waals surface area (Å²) in [5.74, 6) is 0. The molecule has 0 aliphatic heterocycles. The first-order chi connectivity index (χ1) is 3.73. The maximum absolute atomic E-state index is 8.52. The van der Waals surface area contributed by atoms with Gasteiger partial charge in [0.2, 0.25) is 0 Å². The van der Waals surface area contributed by atoms with E-state index >= 15 is 0 Å². The van der Waals surface area contributed by atoms with E-state index in [0.717, 1.165) is 0 Å². The molecule has 0 amide bonds. The van der Waals surface area contributed by atoms with E-state index in [-0.39, 0.29) is 100 Å². The van der Waals surface area contributed by atoms with Crippen LogP contribution >= 0.6 is 0 Å². The van der Waals surface area contributed by atoms with Crippen LogP contribution < -0.4 is 51.4 Å². The van der Waals surface area contributed by atoms with Gasteiger partial charge in [0.15, 0.2) is 0 Å². The molecule has 0 aromatic heterocycles. The van der Waals surface area contributed by atoms with Crippen LogP contribution in [0.25, 0.3) is 0 Å². The zero-order chi connectivity index (χ0) is 8.08. The number of rotatable bonds is 0. The Kier molecular flexibility index (Phi) is 26.0. The average molecular weight is 334 g/mol. The second-order valence-corrected chi connectivity index (χ2v) is 1.45. The molecule has 0 saturated heterocycles. The van der Waals surface area contributed by atoms with Crippen molar-refractivity contribution in [2.45, 2.75) is 0 Å². The molecule has 11 heteroatoms. The van der Waals surface area contributed by atoms with Crippen LogP contribution in [0.2, 0.25) is 0 Å². The molecule has 56 valence electrons. The van der Waals surface area contributed by atoms with Crippen molar-refractivity contribution in [3.8, 4) is 0 Å². The summed E-state index contributed by atoms with van der Waals surface area (Å²) in [6.07, 6.45) is 0. The standard InChI is InChI=1S/Ba.K.NO3.H2O4S/c;;2-1(3)4;1-5(2,3)4/h;;;(H2,1,2,3,4)/q+2;+1;-1;/p-2. The van der Waals surface area contributed by atoms with E-state index in [4.69, 9.17) is 32.8 Å². The van der Waals surface area contributed by atoms with Crippen LogP contribution in [-0.4, -0.2) is 71.5 Å². The van der Waals surface area contributed by atoms with Gasteiger partial charge in [0.25, 0.3) is 0 Å². The van der Waals surface area contributed by atoms with Crippen LogP contribution in [0.1, 0.15) is 0 Å². The Balaban J connectivity index is -0.0000000383. The van der Waals surface area contributed by atoms with Gasteiger partial charge in [-0.1, -0.05) is 0 Å². The second-order valence-electron chi connectivity index (χ2n) is 0.632. The fourth-order valence-corrected chi connectivity index (χ4v) is 0. The summed E-state index contributed by atoms with van der Waals surface area (Å²) in [4.78, 5) is 8.25. The van der Waals surface area contributed by atoms with Crippen LogP contribution in [0, 0.1) is 15.3 Å². The maximum Gasteiger partial charge on any atom is 2.00 e. The molecule has 0 N–H and O–H groups in total. The van der Waals surface area contributed by atoms with Gasteiger partial charge in [-0.05, 0) is 0 Å². The van der Waals surface area contributed by atoms with E-state index in [1.165, 1.54) is 0 Å². The smallest absolute Gasteiger partial charge is 0.759 e. The number of hydrogen-bond acceptors (Lipinski definition) is 7. The van der Waals surface area contributed by atoms with Crippen molar-refractivity contribution in [3.05, 3.63) is 15.3 Å². The minimum atomic E-state index is -5.17. The van der Waals surface area contributed by atoms with E-state index < -0.39 is 15.5 Å². The molecule has 8 nitrogen and oxygen atoms in total. The minimum Gasteiger partial charge on any atom is -0.759 e. The first-order valence-electron chi connectivity index (χ1n) is 1.21. The molecule has 0 heterocycles. The van der Waals surface area contributed by atoms with Crippen LogP contribution in [0.3, 0.4) is 0 Å². The Labute approximate surface area is 145 Å². The van der Waals surface area contributed by atoms with Crippen molar-refractivity contribution in [2.75, 3.05) is 0 Å². The molecule has 0 bridgehead atoms. The largest absolute Gasteiger partial charge is 2.00 e. The summed E-state index contributed by atoms with van der Waals surface area (Å²) in [6, 6.07) is 0. The van der Waals surface area contributed by atoms with Gasteiger partial charge in [0.1, 0.15) is 0 Å². The second kappa shape index (κ2) is 12.3. The molecule has 0 aromatic carbocycles. The summed E-state index contributed by atoms with van der Waals surface area (Å²) in [6.45, 7) is 0. The first kappa shape index (κ1) is 23.3. The van der Waals surface area contributed by atoms with Crippen molar-refractivity contribution >= 4 is 59.3 Å². The normalized spacial score (nSPS) is 7.45. The Morgan fingerprint density at radius 2 is 1.09 bits per heavy atom. The van der Waals surface area contributed by atoms with Crippen molar-refractivity contribution in [1.29, 1.82) is 0 Å². The quantitative estimate of drug-likeness (QED) is 0.142. The van der Waals surface area contributed by atoms with Gasteiger partial charge in [-0.25, -0.2) is 0 Å². The van der Waals surface area contributed by atoms with Gasteiger partial charge in [-0.15, -0.1) is 0 Å². The molecule has 0 radical (unpaired) electrons. The summed E-state index contributed by atoms with van der Waals surface area (Å²) in [5, 5.41) is 14.8. The summed E-state index contributed by atoms with van der Waals surface area (Å²) in [7, 11) is -5.17. The van der Waals surface area contributed by atoms with E-state index in [0.29, 0.717) is 0 Å². The summed E-state index contributed by atoms with van der Waals surface area (Å²) < 4.78 is 34.1. The van der Waals surface area contributed by atoms with Crippen LogP contribution in [0.15, 0.2) is 0 Å². The molecular weight excluding hydrogens is 334 g/mol. The summed E-state index contributed by atoms with van der Waals surface area (Å²) in [5.41, 5.74) is 0. The van der Waals surface area contributed by atoms with Gasteiger partial charge in [0, 0.05) is 10.4 Å². The SMILES string of the molecule is O=S(=O)([O-])[O-].O=[N+]([O-])[O-].[Ba+2].[K+]. The van der Waals surface area contributed by atoms with Gasteiger partial charge in [-0.2, -0.15) is 0 Å². The van der Waals surface area contributed by atoms with E-state index in [1.807, 2.05) is 0 Å². The Morgan fingerprint density at radius 1 is 1.09 bits per heavy atom. The monoisotopic (exact) mass is 335 g/mol. The Hall–Kier alpha value is 2.28. The predicted molar refractivity (Wildman–Crippen MR) is 26.6 cm³/mol. The molecule has 0 aliphatic rings. The third-order valence-corrected chi connectivity index (χ3v) is 0. The van der Waals surface area contributed by atoms with Crippen molar-refractivity contribution < 1.29 is 74.0 Å². The van der Waals surface area contributed by atoms with Gasteiger partial charge < -0.3 is 24.4 Å². The number of hydrogen-bond donors (Lipinski definition) is 0. The molecule has 0 aromatic rings. The topological polar surface area (TPSA) is 146 Å². The van der Waals surface area contributed by atoms with Crippen molar-refractivity contribution in [1.82, 2.24) is 0 Å². The molecular formula is BaKNO7S. The Morgan fingerprint density at radius 3 is 1.09 bits per heavy atom. The number of nitrogens with zero attached hydrogens (tertiary/aromatic N) is 1. The molecule has 0 spiro atoms. The molecule has 0 atom stereocenters. The van der Waals surface area contributed by atoms with E-state index in [2.05, 4.69) is 0 Å². The van der Waals surface area contributed by atoms with Gasteiger partial charge in [0.05, 0.1) is 5.09 Å². The average Bonchev–Trinajstić information content (AvgIpc) is 1.19. The van der Waals surface area contributed by atoms with Gasteiger partial charge >= 0.3 is 100 Å². The molecule has 0 saturated carbocycles. The van der Waals surface area contributed by atoms with E-state index in [1.54, 1.807) is 0 Å². The third-order valence-electron chi connectivity index (χ3n) is 0. The van der Waals surface area contributed by atoms with Crippen LogP contribution in [-0.2, 0) is 10.4 Å². The zero-order valence-corrected chi connectivity index (χ0v) is 13.8. The third kappa shape index (κ3) is 250. The van der Waals surface area contributed by atoms with Crippen LogP contribution in [0.4, 0.5) is 0 Å². The molecule has 0 aliphatic carbocycles. The maximum atomic E-state index is 8.52. The van der Waals surface area contributed by atoms with Crippen molar-refractivity contribution in [2.24, 2.45) is 0 Å². The first-order valence-corrected chi connectivity index (χ1v) is 2.55. The van der Waals surface area contributed by atoms with Crippen LogP contribution in [0.5, 0.6) is 0 Å². The van der Waals surface area contributed by atoms with E-state index in [9.17, 15) is 0 Å². The van der Waals surface area contributed by atoms with Crippen molar-refractivity contribution in [3.63, 3.8) is 0 Å². The predicted octanol–water partition coefficient (Wildman–Crippen LogP) is -4.95. The fraction of sp³-hybridized carbons (Fsp3) is 0. The zero-order valence-electron chi connectivity index (χ0n) is 5.42. The Bertz CT molecular complexity index is 161. The summed E-state index contributed by atoms with van der Waals surface area (Å²) >= 11 is 0. The molecule has 0 rings (SSSR count). The fourth-order valence-electron chi connectivity index (χ4n) is 0. The minimum absolute atomic E-state index is 0. The van der Waals surface area contributed by atoms with Gasteiger partial charge in [-0.3, -0.25) is 8.42 Å².